The lowest BCUT2D eigenvalue weighted by Gasteiger charge is -2.27. The molecule has 0 N–H and O–H groups in total. The molecule has 0 spiro atoms. The lowest BCUT2D eigenvalue weighted by molar-refractivity contribution is -0.130. The normalized spacial score (nSPS) is 16.9. The Kier molecular flexibility index (Phi) is 4.93. The molecule has 2 aromatic rings. The molecule has 1 fully saturated rings. The van der Waals surface area contributed by atoms with Crippen LogP contribution in [-0.2, 0) is 4.79 Å². The maximum absolute atomic E-state index is 12.7. The number of rotatable bonds is 5. The van der Waals surface area contributed by atoms with Crippen LogP contribution in [0.1, 0.15) is 24.4 Å². The van der Waals surface area contributed by atoms with Gasteiger partial charge in [-0.05, 0) is 30.5 Å². The molecular weight excluding hydrogens is 304 g/mol. The third-order valence-electron chi connectivity index (χ3n) is 4.39. The fourth-order valence-electron chi connectivity index (χ4n) is 3.10. The van der Waals surface area contributed by atoms with Crippen molar-refractivity contribution in [1.82, 2.24) is 14.9 Å². The van der Waals surface area contributed by atoms with Gasteiger partial charge in [-0.3, -0.25) is 9.78 Å². The van der Waals surface area contributed by atoms with Gasteiger partial charge in [-0.1, -0.05) is 12.1 Å². The highest BCUT2D eigenvalue weighted by Crippen LogP contribution is 2.32. The zero-order chi connectivity index (χ0) is 16.9. The minimum Gasteiger partial charge on any atom is -0.497 e. The summed E-state index contributed by atoms with van der Waals surface area (Å²) in [5.41, 5.74) is 1.16. The van der Waals surface area contributed by atoms with Gasteiger partial charge in [0.25, 0.3) is 0 Å². The van der Waals surface area contributed by atoms with Gasteiger partial charge in [0.2, 0.25) is 5.91 Å². The van der Waals surface area contributed by atoms with Crippen molar-refractivity contribution in [2.75, 3.05) is 32.1 Å². The summed E-state index contributed by atoms with van der Waals surface area (Å²) in [7, 11) is 3.52. The van der Waals surface area contributed by atoms with E-state index in [2.05, 4.69) is 9.97 Å². The van der Waals surface area contributed by atoms with E-state index in [0.717, 1.165) is 30.7 Å². The number of likely N-dealkylation sites (tertiary alicyclic amines) is 1. The van der Waals surface area contributed by atoms with Crippen LogP contribution in [-0.4, -0.2) is 48.0 Å². The average Bonchev–Trinajstić information content (AvgIpc) is 3.12. The SMILES string of the molecule is COc1ccc(C2CCCN2C(=O)CN(C)c2cnccn2)cc1. The summed E-state index contributed by atoms with van der Waals surface area (Å²) < 4.78 is 5.21. The molecule has 1 amide bonds. The van der Waals surface area contributed by atoms with E-state index in [0.29, 0.717) is 12.4 Å². The van der Waals surface area contributed by atoms with Crippen LogP contribution in [0.4, 0.5) is 5.82 Å². The van der Waals surface area contributed by atoms with Crippen LogP contribution >= 0.6 is 0 Å². The Morgan fingerprint density at radius 1 is 1.33 bits per heavy atom. The van der Waals surface area contributed by atoms with Crippen LogP contribution in [0.15, 0.2) is 42.9 Å². The van der Waals surface area contributed by atoms with E-state index in [4.69, 9.17) is 4.74 Å². The van der Waals surface area contributed by atoms with Crippen molar-refractivity contribution in [2.24, 2.45) is 0 Å². The number of anilines is 1. The maximum atomic E-state index is 12.7. The first-order chi connectivity index (χ1) is 11.7. The van der Waals surface area contributed by atoms with E-state index in [1.54, 1.807) is 25.7 Å². The highest BCUT2D eigenvalue weighted by molar-refractivity contribution is 5.81. The molecule has 1 aliphatic heterocycles. The number of carbonyl (C=O) groups is 1. The van der Waals surface area contributed by atoms with Crippen molar-refractivity contribution in [1.29, 1.82) is 0 Å². The molecule has 1 aromatic heterocycles. The van der Waals surface area contributed by atoms with Gasteiger partial charge in [-0.25, -0.2) is 4.98 Å². The quantitative estimate of drug-likeness (QED) is 0.844. The Balaban J connectivity index is 1.69. The first kappa shape index (κ1) is 16.2. The average molecular weight is 326 g/mol. The second-order valence-electron chi connectivity index (χ2n) is 5.94. The first-order valence-corrected chi connectivity index (χ1v) is 8.09. The summed E-state index contributed by atoms with van der Waals surface area (Å²) in [4.78, 5) is 24.8. The van der Waals surface area contributed by atoms with E-state index < -0.39 is 0 Å². The molecule has 1 saturated heterocycles. The van der Waals surface area contributed by atoms with Crippen LogP contribution in [0.25, 0.3) is 0 Å². The summed E-state index contributed by atoms with van der Waals surface area (Å²) in [6.07, 6.45) is 6.94. The zero-order valence-electron chi connectivity index (χ0n) is 14.1. The molecule has 6 nitrogen and oxygen atoms in total. The molecule has 6 heteroatoms. The van der Waals surface area contributed by atoms with Gasteiger partial charge in [0.1, 0.15) is 11.6 Å². The Morgan fingerprint density at radius 3 is 2.79 bits per heavy atom. The lowest BCUT2D eigenvalue weighted by Crippen LogP contribution is -2.39. The molecule has 0 radical (unpaired) electrons. The van der Waals surface area contributed by atoms with E-state index in [1.165, 1.54) is 0 Å². The number of amides is 1. The number of carbonyl (C=O) groups excluding carboxylic acids is 1. The van der Waals surface area contributed by atoms with Crippen molar-refractivity contribution < 1.29 is 9.53 Å². The zero-order valence-corrected chi connectivity index (χ0v) is 14.1. The largest absolute Gasteiger partial charge is 0.497 e. The van der Waals surface area contributed by atoms with E-state index in [1.807, 2.05) is 41.1 Å². The number of benzene rings is 1. The number of methoxy groups -OCH3 is 1. The van der Waals surface area contributed by atoms with Gasteiger partial charge in [0, 0.05) is 26.0 Å². The predicted molar refractivity (Wildman–Crippen MR) is 92.0 cm³/mol. The number of likely N-dealkylation sites (N-methyl/N-ethyl adjacent to an activating group) is 1. The standard InChI is InChI=1S/C18H22N4O2/c1-21(17-12-19-9-10-20-17)13-18(23)22-11-3-4-16(22)14-5-7-15(24-2)8-6-14/h5-10,12,16H,3-4,11,13H2,1-2H3. The first-order valence-electron chi connectivity index (χ1n) is 8.09. The molecule has 1 unspecified atom stereocenters. The van der Waals surface area contributed by atoms with E-state index in [9.17, 15) is 4.79 Å². The fraction of sp³-hybridized carbons (Fsp3) is 0.389. The van der Waals surface area contributed by atoms with Crippen LogP contribution in [0.2, 0.25) is 0 Å². The van der Waals surface area contributed by atoms with Gasteiger partial charge in [0.05, 0.1) is 25.9 Å². The third-order valence-corrected chi connectivity index (χ3v) is 4.39. The third kappa shape index (κ3) is 3.48. The lowest BCUT2D eigenvalue weighted by atomic mass is 10.0. The van der Waals surface area contributed by atoms with Crippen molar-refractivity contribution in [3.63, 3.8) is 0 Å². The van der Waals surface area contributed by atoms with E-state index >= 15 is 0 Å². The highest BCUT2D eigenvalue weighted by Gasteiger charge is 2.30. The molecule has 1 aromatic carbocycles. The molecule has 1 aliphatic rings. The summed E-state index contributed by atoms with van der Waals surface area (Å²) in [5, 5.41) is 0. The second-order valence-corrected chi connectivity index (χ2v) is 5.94. The fourth-order valence-corrected chi connectivity index (χ4v) is 3.10. The number of hydrogen-bond acceptors (Lipinski definition) is 5. The van der Waals surface area contributed by atoms with Crippen LogP contribution in [0.3, 0.4) is 0 Å². The molecule has 0 saturated carbocycles. The molecule has 0 bridgehead atoms. The Morgan fingerprint density at radius 2 is 2.12 bits per heavy atom. The molecule has 1 atom stereocenters. The second kappa shape index (κ2) is 7.29. The van der Waals surface area contributed by atoms with Crippen molar-refractivity contribution >= 4 is 11.7 Å². The van der Waals surface area contributed by atoms with E-state index in [-0.39, 0.29) is 11.9 Å². The Bertz CT molecular complexity index is 675. The highest BCUT2D eigenvalue weighted by atomic mass is 16.5. The summed E-state index contributed by atoms with van der Waals surface area (Å²) in [6, 6.07) is 8.12. The number of hydrogen-bond donors (Lipinski definition) is 0. The molecule has 2 heterocycles. The topological polar surface area (TPSA) is 58.6 Å². The molecule has 0 aliphatic carbocycles. The number of ether oxygens (including phenoxy) is 1. The summed E-state index contributed by atoms with van der Waals surface area (Å²) in [6.45, 7) is 1.09. The Labute approximate surface area is 142 Å². The predicted octanol–water partition coefficient (Wildman–Crippen LogP) is 2.29. The monoisotopic (exact) mass is 326 g/mol. The van der Waals surface area contributed by atoms with Crippen LogP contribution < -0.4 is 9.64 Å². The molecule has 3 rings (SSSR count). The van der Waals surface area contributed by atoms with Crippen LogP contribution in [0.5, 0.6) is 5.75 Å². The summed E-state index contributed by atoms with van der Waals surface area (Å²) in [5.74, 6) is 1.64. The molecule has 126 valence electrons. The van der Waals surface area contributed by atoms with Gasteiger partial charge in [-0.15, -0.1) is 0 Å². The number of nitrogens with zero attached hydrogens (tertiary/aromatic N) is 4. The smallest absolute Gasteiger partial charge is 0.242 e. The number of aromatic nitrogens is 2. The molecular formula is C18H22N4O2. The Hall–Kier alpha value is -2.63. The minimum atomic E-state index is 0.112. The van der Waals surface area contributed by atoms with Gasteiger partial charge in [-0.2, -0.15) is 0 Å². The van der Waals surface area contributed by atoms with Gasteiger partial charge in [0.15, 0.2) is 0 Å². The van der Waals surface area contributed by atoms with Crippen LogP contribution in [0, 0.1) is 0 Å². The van der Waals surface area contributed by atoms with Gasteiger partial charge < -0.3 is 14.5 Å². The summed E-state index contributed by atoms with van der Waals surface area (Å²) >= 11 is 0. The minimum absolute atomic E-state index is 0.112. The maximum Gasteiger partial charge on any atom is 0.242 e. The van der Waals surface area contributed by atoms with Crippen molar-refractivity contribution in [3.05, 3.63) is 48.4 Å². The molecule has 24 heavy (non-hydrogen) atoms. The van der Waals surface area contributed by atoms with Crippen molar-refractivity contribution in [2.45, 2.75) is 18.9 Å². The van der Waals surface area contributed by atoms with Gasteiger partial charge >= 0.3 is 0 Å². The van der Waals surface area contributed by atoms with Crippen molar-refractivity contribution in [3.8, 4) is 5.75 Å².